The van der Waals surface area contributed by atoms with E-state index in [-0.39, 0.29) is 0 Å². The molecule has 3 nitrogen and oxygen atoms in total. The van der Waals surface area contributed by atoms with E-state index in [2.05, 4.69) is 18.8 Å². The average molecular weight is 218 g/mol. The zero-order chi connectivity index (χ0) is 11.8. The fourth-order valence-corrected chi connectivity index (χ4v) is 1.12. The summed E-state index contributed by atoms with van der Waals surface area (Å²) in [7, 11) is 0. The van der Waals surface area contributed by atoms with Crippen molar-refractivity contribution in [3.8, 4) is 17.6 Å². The third kappa shape index (κ3) is 4.52. The van der Waals surface area contributed by atoms with Crippen molar-refractivity contribution in [2.24, 2.45) is 0 Å². The summed E-state index contributed by atoms with van der Waals surface area (Å²) in [4.78, 5) is 10.3. The van der Waals surface area contributed by atoms with E-state index >= 15 is 0 Å². The van der Waals surface area contributed by atoms with Crippen LogP contribution in [0.15, 0.2) is 24.3 Å². The Morgan fingerprint density at radius 2 is 2.31 bits per heavy atom. The minimum Gasteiger partial charge on any atom is -0.494 e. The summed E-state index contributed by atoms with van der Waals surface area (Å²) in [5.74, 6) is 4.21. The Kier molecular flexibility index (Phi) is 4.94. The van der Waals surface area contributed by atoms with E-state index in [1.165, 1.54) is 0 Å². The molecule has 3 heteroatoms. The SMILES string of the molecule is CCCCOc1cccc(C#CC(=O)O)c1. The molecule has 0 atom stereocenters. The maximum Gasteiger partial charge on any atom is 0.382 e. The first kappa shape index (κ1) is 12.1. The number of ether oxygens (including phenoxy) is 1. The molecular formula is C13H14O3. The standard InChI is InChI=1S/C13H14O3/c1-2-3-9-16-12-6-4-5-11(10-12)7-8-13(14)15/h4-6,10H,2-3,9H2,1H3,(H,14,15). The summed E-state index contributed by atoms with van der Waals surface area (Å²) in [6.45, 7) is 2.77. The molecule has 1 aromatic rings. The monoisotopic (exact) mass is 218 g/mol. The van der Waals surface area contributed by atoms with Crippen LogP contribution in [-0.2, 0) is 4.79 Å². The number of aliphatic carboxylic acids is 1. The Balaban J connectivity index is 2.65. The van der Waals surface area contributed by atoms with Crippen LogP contribution < -0.4 is 4.74 Å². The fourth-order valence-electron chi connectivity index (χ4n) is 1.12. The minimum absolute atomic E-state index is 0.649. The lowest BCUT2D eigenvalue weighted by molar-refractivity contribution is -0.130. The van der Waals surface area contributed by atoms with Gasteiger partial charge < -0.3 is 9.84 Å². The van der Waals surface area contributed by atoms with Crippen molar-refractivity contribution in [3.63, 3.8) is 0 Å². The number of hydrogen-bond acceptors (Lipinski definition) is 2. The van der Waals surface area contributed by atoms with Crippen molar-refractivity contribution in [2.45, 2.75) is 19.8 Å². The van der Waals surface area contributed by atoms with Crippen LogP contribution in [0.25, 0.3) is 0 Å². The first-order valence-corrected chi connectivity index (χ1v) is 5.20. The minimum atomic E-state index is -1.13. The van der Waals surface area contributed by atoms with E-state index in [1.54, 1.807) is 18.2 Å². The predicted octanol–water partition coefficient (Wildman–Crippen LogP) is 2.30. The fraction of sp³-hybridized carbons (Fsp3) is 0.308. The molecule has 0 radical (unpaired) electrons. The van der Waals surface area contributed by atoms with Gasteiger partial charge in [0.1, 0.15) is 5.75 Å². The van der Waals surface area contributed by atoms with Gasteiger partial charge in [0.15, 0.2) is 0 Å². The first-order valence-electron chi connectivity index (χ1n) is 5.20. The van der Waals surface area contributed by atoms with Crippen LogP contribution in [0.4, 0.5) is 0 Å². The molecule has 1 N–H and O–H groups in total. The smallest absolute Gasteiger partial charge is 0.382 e. The van der Waals surface area contributed by atoms with Gasteiger partial charge in [-0.25, -0.2) is 4.79 Å². The van der Waals surface area contributed by atoms with Gasteiger partial charge in [0.05, 0.1) is 6.61 Å². The van der Waals surface area contributed by atoms with Crippen molar-refractivity contribution in [1.29, 1.82) is 0 Å². The van der Waals surface area contributed by atoms with Crippen molar-refractivity contribution < 1.29 is 14.6 Å². The highest BCUT2D eigenvalue weighted by Crippen LogP contribution is 2.12. The maximum absolute atomic E-state index is 10.3. The molecule has 84 valence electrons. The van der Waals surface area contributed by atoms with Crippen LogP contribution in [0, 0.1) is 11.8 Å². The highest BCUT2D eigenvalue weighted by Gasteiger charge is 1.94. The topological polar surface area (TPSA) is 46.5 Å². The molecule has 0 bridgehead atoms. The van der Waals surface area contributed by atoms with Gasteiger partial charge >= 0.3 is 5.97 Å². The Bertz CT molecular complexity index is 413. The second-order valence-electron chi connectivity index (χ2n) is 3.28. The van der Waals surface area contributed by atoms with Gasteiger partial charge in [-0.3, -0.25) is 0 Å². The number of unbranched alkanes of at least 4 members (excludes halogenated alkanes) is 1. The molecule has 0 amide bonds. The van der Waals surface area contributed by atoms with Gasteiger partial charge in [0.2, 0.25) is 0 Å². The third-order valence-corrected chi connectivity index (χ3v) is 1.91. The van der Waals surface area contributed by atoms with E-state index in [1.807, 2.05) is 6.07 Å². The van der Waals surface area contributed by atoms with Crippen LogP contribution in [0.1, 0.15) is 25.3 Å². The van der Waals surface area contributed by atoms with E-state index in [0.29, 0.717) is 12.2 Å². The van der Waals surface area contributed by atoms with Gasteiger partial charge in [-0.05, 0) is 24.6 Å². The molecule has 0 aromatic heterocycles. The molecule has 0 aliphatic heterocycles. The Morgan fingerprint density at radius 3 is 3.00 bits per heavy atom. The lowest BCUT2D eigenvalue weighted by Gasteiger charge is -2.04. The zero-order valence-electron chi connectivity index (χ0n) is 9.19. The lowest BCUT2D eigenvalue weighted by atomic mass is 10.2. The summed E-state index contributed by atoms with van der Waals surface area (Å²) in [5.41, 5.74) is 0.649. The molecule has 0 unspecified atom stereocenters. The van der Waals surface area contributed by atoms with Crippen molar-refractivity contribution in [2.75, 3.05) is 6.61 Å². The van der Waals surface area contributed by atoms with E-state index in [4.69, 9.17) is 9.84 Å². The maximum atomic E-state index is 10.3. The molecule has 0 saturated carbocycles. The first-order chi connectivity index (χ1) is 7.72. The number of carboxylic acid groups (broad SMARTS) is 1. The normalized spacial score (nSPS) is 9.06. The van der Waals surface area contributed by atoms with Gasteiger partial charge in [0.25, 0.3) is 0 Å². The Morgan fingerprint density at radius 1 is 1.50 bits per heavy atom. The second kappa shape index (κ2) is 6.52. The van der Waals surface area contributed by atoms with E-state index in [0.717, 1.165) is 18.6 Å². The molecule has 0 saturated heterocycles. The van der Waals surface area contributed by atoms with Crippen molar-refractivity contribution >= 4 is 5.97 Å². The largest absolute Gasteiger partial charge is 0.494 e. The van der Waals surface area contributed by atoms with Gasteiger partial charge in [-0.15, -0.1) is 0 Å². The molecular weight excluding hydrogens is 204 g/mol. The molecule has 16 heavy (non-hydrogen) atoms. The van der Waals surface area contributed by atoms with Crippen molar-refractivity contribution in [1.82, 2.24) is 0 Å². The molecule has 0 aliphatic rings. The summed E-state index contributed by atoms with van der Waals surface area (Å²) in [6, 6.07) is 7.13. The molecule has 1 aromatic carbocycles. The zero-order valence-corrected chi connectivity index (χ0v) is 9.19. The van der Waals surface area contributed by atoms with Crippen molar-refractivity contribution in [3.05, 3.63) is 29.8 Å². The molecule has 0 fully saturated rings. The number of hydrogen-bond donors (Lipinski definition) is 1. The third-order valence-electron chi connectivity index (χ3n) is 1.91. The van der Waals surface area contributed by atoms with Crippen LogP contribution >= 0.6 is 0 Å². The molecule has 0 heterocycles. The summed E-state index contributed by atoms with van der Waals surface area (Å²) in [5, 5.41) is 8.41. The summed E-state index contributed by atoms with van der Waals surface area (Å²) in [6.07, 6.45) is 2.09. The van der Waals surface area contributed by atoms with E-state index < -0.39 is 5.97 Å². The Hall–Kier alpha value is -1.95. The van der Waals surface area contributed by atoms with Crippen LogP contribution in [0.3, 0.4) is 0 Å². The van der Waals surface area contributed by atoms with Gasteiger partial charge in [0, 0.05) is 11.5 Å². The quantitative estimate of drug-likeness (QED) is 0.623. The molecule has 0 aliphatic carbocycles. The number of benzene rings is 1. The van der Waals surface area contributed by atoms with Crippen LogP contribution in [0.5, 0.6) is 5.75 Å². The predicted molar refractivity (Wildman–Crippen MR) is 61.4 cm³/mol. The van der Waals surface area contributed by atoms with E-state index in [9.17, 15) is 4.79 Å². The average Bonchev–Trinajstić information content (AvgIpc) is 2.27. The van der Waals surface area contributed by atoms with Crippen LogP contribution in [0.2, 0.25) is 0 Å². The summed E-state index contributed by atoms with van der Waals surface area (Å²) < 4.78 is 5.48. The highest BCUT2D eigenvalue weighted by atomic mass is 16.5. The summed E-state index contributed by atoms with van der Waals surface area (Å²) >= 11 is 0. The Labute approximate surface area is 95.1 Å². The molecule has 1 rings (SSSR count). The second-order valence-corrected chi connectivity index (χ2v) is 3.28. The van der Waals surface area contributed by atoms with Gasteiger partial charge in [-0.2, -0.15) is 0 Å². The number of carboxylic acids is 1. The highest BCUT2D eigenvalue weighted by molar-refractivity contribution is 5.87. The van der Waals surface area contributed by atoms with Gasteiger partial charge in [-0.1, -0.05) is 25.3 Å². The molecule has 0 spiro atoms. The number of carbonyl (C=O) groups is 1. The number of rotatable bonds is 4. The van der Waals surface area contributed by atoms with Crippen LogP contribution in [-0.4, -0.2) is 17.7 Å². The lowest BCUT2D eigenvalue weighted by Crippen LogP contribution is -1.96.